The molecular formula is C13H20N2O4. The number of rotatable bonds is 7. The molecule has 0 spiro atoms. The number of carbonyl (C=O) groups is 2. The second-order valence-corrected chi connectivity index (χ2v) is 4.39. The number of hydrogen-bond acceptors (Lipinski definition) is 4. The van der Waals surface area contributed by atoms with Gasteiger partial charge in [0.1, 0.15) is 5.76 Å². The highest BCUT2D eigenvalue weighted by atomic mass is 16.5. The van der Waals surface area contributed by atoms with Crippen molar-refractivity contribution in [2.45, 2.75) is 19.8 Å². The van der Waals surface area contributed by atoms with E-state index in [1.807, 2.05) is 6.92 Å². The highest BCUT2D eigenvalue weighted by Crippen LogP contribution is 2.37. The normalized spacial score (nSPS) is 22.4. The molecule has 0 heterocycles. The van der Waals surface area contributed by atoms with Gasteiger partial charge in [-0.3, -0.25) is 9.59 Å². The summed E-state index contributed by atoms with van der Waals surface area (Å²) in [7, 11) is 1.44. The molecule has 0 saturated heterocycles. The van der Waals surface area contributed by atoms with Crippen molar-refractivity contribution in [2.75, 3.05) is 20.3 Å². The van der Waals surface area contributed by atoms with Gasteiger partial charge in [-0.2, -0.15) is 0 Å². The van der Waals surface area contributed by atoms with E-state index < -0.39 is 17.2 Å². The van der Waals surface area contributed by atoms with Crippen LogP contribution in [0.15, 0.2) is 23.5 Å². The lowest BCUT2D eigenvalue weighted by Gasteiger charge is -2.31. The molecule has 4 N–H and O–H groups in total. The van der Waals surface area contributed by atoms with Crippen LogP contribution in [0.3, 0.4) is 0 Å². The van der Waals surface area contributed by atoms with Gasteiger partial charge in [-0.15, -0.1) is 0 Å². The molecule has 1 aliphatic rings. The molecule has 1 aliphatic carbocycles. The Labute approximate surface area is 112 Å². The Morgan fingerprint density at radius 3 is 2.58 bits per heavy atom. The topological polar surface area (TPSA) is 105 Å². The van der Waals surface area contributed by atoms with Gasteiger partial charge >= 0.3 is 0 Å². The monoisotopic (exact) mass is 268 g/mol. The van der Waals surface area contributed by atoms with E-state index in [0.717, 1.165) is 0 Å². The number of methoxy groups -OCH3 is 1. The Kier molecular flexibility index (Phi) is 5.11. The summed E-state index contributed by atoms with van der Waals surface area (Å²) < 4.78 is 10.3. The van der Waals surface area contributed by atoms with Gasteiger partial charge in [0.2, 0.25) is 11.8 Å². The summed E-state index contributed by atoms with van der Waals surface area (Å²) in [5.74, 6) is -0.735. The number of allylic oxidation sites excluding steroid dienone is 1. The molecule has 106 valence electrons. The third-order valence-corrected chi connectivity index (χ3v) is 3.25. The van der Waals surface area contributed by atoms with Crippen molar-refractivity contribution in [1.82, 2.24) is 0 Å². The van der Waals surface area contributed by atoms with Gasteiger partial charge in [-0.1, -0.05) is 6.08 Å². The van der Waals surface area contributed by atoms with Crippen LogP contribution in [-0.4, -0.2) is 32.1 Å². The summed E-state index contributed by atoms with van der Waals surface area (Å²) in [6.07, 6.45) is 3.78. The summed E-state index contributed by atoms with van der Waals surface area (Å²) in [4.78, 5) is 23.2. The van der Waals surface area contributed by atoms with E-state index in [-0.39, 0.29) is 12.0 Å². The standard InChI is InChI=1S/C13H20N2O4/c1-3-19-7-6-13(12(15)17)5-4-10(18-2)9(8-13)11(14)16/h4-5H,3,6-8H2,1-2H3,(H2,14,16)(H2,15,17). The van der Waals surface area contributed by atoms with Crippen molar-refractivity contribution in [1.29, 1.82) is 0 Å². The molecule has 1 unspecified atom stereocenters. The molecule has 2 amide bonds. The average molecular weight is 268 g/mol. The molecule has 0 bridgehead atoms. The Hall–Kier alpha value is -1.82. The van der Waals surface area contributed by atoms with Gasteiger partial charge in [0.25, 0.3) is 0 Å². The molecule has 0 aromatic carbocycles. The van der Waals surface area contributed by atoms with Crippen molar-refractivity contribution in [3.63, 3.8) is 0 Å². The zero-order valence-electron chi connectivity index (χ0n) is 11.3. The molecule has 1 rings (SSSR count). The number of primary amides is 2. The zero-order chi connectivity index (χ0) is 14.5. The minimum absolute atomic E-state index is 0.143. The van der Waals surface area contributed by atoms with E-state index in [4.69, 9.17) is 20.9 Å². The van der Waals surface area contributed by atoms with E-state index in [0.29, 0.717) is 25.4 Å². The van der Waals surface area contributed by atoms with E-state index in [2.05, 4.69) is 0 Å². The molecule has 1 atom stereocenters. The molecule has 0 radical (unpaired) electrons. The summed E-state index contributed by atoms with van der Waals surface area (Å²) in [5, 5.41) is 0. The van der Waals surface area contributed by atoms with Crippen molar-refractivity contribution in [3.05, 3.63) is 23.5 Å². The van der Waals surface area contributed by atoms with Crippen LogP contribution in [0, 0.1) is 5.41 Å². The Bertz CT molecular complexity index is 428. The van der Waals surface area contributed by atoms with Gasteiger partial charge in [0.15, 0.2) is 0 Å². The van der Waals surface area contributed by atoms with Gasteiger partial charge < -0.3 is 20.9 Å². The van der Waals surface area contributed by atoms with Gasteiger partial charge in [0.05, 0.1) is 18.1 Å². The molecule has 0 aromatic heterocycles. The smallest absolute Gasteiger partial charge is 0.248 e. The largest absolute Gasteiger partial charge is 0.496 e. The maximum absolute atomic E-state index is 11.7. The Balaban J connectivity index is 2.99. The van der Waals surface area contributed by atoms with Crippen LogP contribution in [0.5, 0.6) is 0 Å². The van der Waals surface area contributed by atoms with Crippen LogP contribution in [0.2, 0.25) is 0 Å². The highest BCUT2D eigenvalue weighted by Gasteiger charge is 2.39. The van der Waals surface area contributed by atoms with Crippen LogP contribution in [0.25, 0.3) is 0 Å². The summed E-state index contributed by atoms with van der Waals surface area (Å²) >= 11 is 0. The lowest BCUT2D eigenvalue weighted by molar-refractivity contribution is -0.126. The SMILES string of the molecule is CCOCCC1(C(N)=O)C=CC(OC)=C(C(N)=O)C1. The maximum Gasteiger partial charge on any atom is 0.248 e. The summed E-state index contributed by atoms with van der Waals surface area (Å²) in [5.41, 5.74) is 10.1. The van der Waals surface area contributed by atoms with E-state index in [1.165, 1.54) is 7.11 Å². The van der Waals surface area contributed by atoms with Crippen LogP contribution < -0.4 is 11.5 Å². The fourth-order valence-electron chi connectivity index (χ4n) is 2.06. The second-order valence-electron chi connectivity index (χ2n) is 4.39. The quantitative estimate of drug-likeness (QED) is 0.645. The number of amides is 2. The first kappa shape index (κ1) is 15.2. The van der Waals surface area contributed by atoms with Crippen molar-refractivity contribution < 1.29 is 19.1 Å². The Morgan fingerprint density at radius 1 is 1.42 bits per heavy atom. The predicted octanol–water partition coefficient (Wildman–Crippen LogP) is 0.230. The first-order valence-corrected chi connectivity index (χ1v) is 6.10. The van der Waals surface area contributed by atoms with Crippen LogP contribution in [0.1, 0.15) is 19.8 Å². The molecule has 19 heavy (non-hydrogen) atoms. The molecule has 0 saturated carbocycles. The van der Waals surface area contributed by atoms with Crippen LogP contribution in [0.4, 0.5) is 0 Å². The molecular weight excluding hydrogens is 248 g/mol. The lowest BCUT2D eigenvalue weighted by atomic mass is 9.74. The summed E-state index contributed by atoms with van der Waals surface area (Å²) in [6, 6.07) is 0. The molecule has 6 heteroatoms. The summed E-state index contributed by atoms with van der Waals surface area (Å²) in [6.45, 7) is 2.81. The zero-order valence-corrected chi connectivity index (χ0v) is 11.3. The lowest BCUT2D eigenvalue weighted by Crippen LogP contribution is -2.40. The number of ether oxygens (including phenoxy) is 2. The van der Waals surface area contributed by atoms with Crippen molar-refractivity contribution >= 4 is 11.8 Å². The average Bonchev–Trinajstić information content (AvgIpc) is 2.38. The van der Waals surface area contributed by atoms with E-state index in [1.54, 1.807) is 12.2 Å². The van der Waals surface area contributed by atoms with Crippen molar-refractivity contribution in [2.24, 2.45) is 16.9 Å². The molecule has 0 aromatic rings. The van der Waals surface area contributed by atoms with Crippen LogP contribution >= 0.6 is 0 Å². The van der Waals surface area contributed by atoms with Gasteiger partial charge in [0, 0.05) is 13.2 Å². The predicted molar refractivity (Wildman–Crippen MR) is 69.7 cm³/mol. The maximum atomic E-state index is 11.7. The fraction of sp³-hybridized carbons (Fsp3) is 0.538. The molecule has 0 fully saturated rings. The molecule has 0 aliphatic heterocycles. The third-order valence-electron chi connectivity index (χ3n) is 3.25. The Morgan fingerprint density at radius 2 is 2.11 bits per heavy atom. The number of carbonyl (C=O) groups excluding carboxylic acids is 2. The first-order chi connectivity index (χ1) is 8.96. The third kappa shape index (κ3) is 3.35. The van der Waals surface area contributed by atoms with Gasteiger partial charge in [-0.25, -0.2) is 0 Å². The first-order valence-electron chi connectivity index (χ1n) is 6.10. The highest BCUT2D eigenvalue weighted by molar-refractivity contribution is 5.95. The van der Waals surface area contributed by atoms with E-state index in [9.17, 15) is 9.59 Å². The van der Waals surface area contributed by atoms with E-state index >= 15 is 0 Å². The van der Waals surface area contributed by atoms with Crippen LogP contribution in [-0.2, 0) is 19.1 Å². The minimum atomic E-state index is -0.943. The second kappa shape index (κ2) is 6.38. The fourth-order valence-corrected chi connectivity index (χ4v) is 2.06. The number of hydrogen-bond donors (Lipinski definition) is 2. The van der Waals surface area contributed by atoms with Crippen molar-refractivity contribution in [3.8, 4) is 0 Å². The minimum Gasteiger partial charge on any atom is -0.496 e. The number of nitrogens with two attached hydrogens (primary N) is 2. The molecule has 6 nitrogen and oxygen atoms in total. The van der Waals surface area contributed by atoms with Gasteiger partial charge in [-0.05, 0) is 25.8 Å².